The van der Waals surface area contributed by atoms with Crippen molar-refractivity contribution in [2.24, 2.45) is 0 Å². The molecule has 0 atom stereocenters. The van der Waals surface area contributed by atoms with E-state index in [9.17, 15) is 20.2 Å². The van der Waals surface area contributed by atoms with Crippen molar-refractivity contribution in [3.05, 3.63) is 34.5 Å². The normalized spacial score (nSPS) is 14.6. The van der Waals surface area contributed by atoms with Gasteiger partial charge in [-0.15, -0.1) is 0 Å². The molecule has 0 saturated carbocycles. The molecule has 0 radical (unpaired) electrons. The Balaban J connectivity index is 1.31. The molecule has 0 bridgehead atoms. The summed E-state index contributed by atoms with van der Waals surface area (Å²) in [5.41, 5.74) is 1.20. The fourth-order valence-corrected chi connectivity index (χ4v) is 5.69. The molecule has 0 unspecified atom stereocenters. The zero-order valence-electron chi connectivity index (χ0n) is 24.0. The number of aromatic nitrogens is 1. The van der Waals surface area contributed by atoms with Gasteiger partial charge in [0.25, 0.3) is 0 Å². The maximum Gasteiger partial charge on any atom is 0.488 e. The summed E-state index contributed by atoms with van der Waals surface area (Å²) in [7, 11) is -1.64. The van der Waals surface area contributed by atoms with E-state index >= 15 is 0 Å². The quantitative estimate of drug-likeness (QED) is 0.0844. The molecule has 39 heavy (non-hydrogen) atoms. The first-order chi connectivity index (χ1) is 19.0. The molecule has 0 amide bonds. The number of fused-ring (bicyclic) bond motifs is 1. The smallest absolute Gasteiger partial charge is 0.423 e. The Morgan fingerprint density at radius 3 is 2.05 bits per heavy atom. The topological polar surface area (TPSA) is 112 Å². The average molecular weight is 541 g/mol. The summed E-state index contributed by atoms with van der Waals surface area (Å²) in [6.45, 7) is 5.36. The van der Waals surface area contributed by atoms with Gasteiger partial charge in [-0.1, -0.05) is 103 Å². The van der Waals surface area contributed by atoms with Gasteiger partial charge in [0.2, 0.25) is 0 Å². The molecule has 1 fully saturated rings. The van der Waals surface area contributed by atoms with E-state index in [4.69, 9.17) is 0 Å². The number of anilines is 1. The fourth-order valence-electron chi connectivity index (χ4n) is 5.69. The molecule has 1 saturated heterocycles. The van der Waals surface area contributed by atoms with Crippen LogP contribution in [0.4, 0.5) is 11.4 Å². The molecule has 2 aromatic rings. The lowest BCUT2D eigenvalue weighted by atomic mass is 9.79. The zero-order chi connectivity index (χ0) is 27.9. The fraction of sp³-hybridized carbons (Fsp3) is 0.700. The van der Waals surface area contributed by atoms with E-state index in [2.05, 4.69) is 22.1 Å². The van der Waals surface area contributed by atoms with Crippen LogP contribution in [0, 0.1) is 10.1 Å². The second-order valence-electron chi connectivity index (χ2n) is 11.3. The summed E-state index contributed by atoms with van der Waals surface area (Å²) in [6.07, 6.45) is 22.3. The van der Waals surface area contributed by atoms with Gasteiger partial charge < -0.3 is 20.3 Å². The number of nitro groups is 1. The number of hydrogen-bond acceptors (Lipinski definition) is 7. The van der Waals surface area contributed by atoms with Crippen LogP contribution in [0.15, 0.2) is 24.4 Å². The zero-order valence-corrected chi connectivity index (χ0v) is 24.0. The SMILES string of the molecule is CCCCCCCCCCCCCCCCN1CCC(Nc2c([N+](=O)[O-])cnc3ccc(B(O)O)cc23)CC1. The third kappa shape index (κ3) is 10.7. The number of benzene rings is 1. The molecule has 9 heteroatoms. The van der Waals surface area contributed by atoms with E-state index in [1.54, 1.807) is 18.2 Å². The molecule has 8 nitrogen and oxygen atoms in total. The Kier molecular flexibility index (Phi) is 14.0. The molecule has 1 aliphatic heterocycles. The highest BCUT2D eigenvalue weighted by atomic mass is 16.6. The Hall–Kier alpha value is -2.23. The minimum absolute atomic E-state index is 0.0862. The van der Waals surface area contributed by atoms with Crippen LogP contribution in [0.3, 0.4) is 0 Å². The number of nitrogens with one attached hydrogen (secondary N) is 1. The summed E-state index contributed by atoms with van der Waals surface area (Å²) in [5.74, 6) is 0. The van der Waals surface area contributed by atoms with Gasteiger partial charge in [0, 0.05) is 24.5 Å². The second-order valence-corrected chi connectivity index (χ2v) is 11.3. The number of pyridine rings is 1. The molecule has 1 aromatic carbocycles. The minimum Gasteiger partial charge on any atom is -0.423 e. The molecule has 0 aliphatic carbocycles. The summed E-state index contributed by atoms with van der Waals surface area (Å²) in [5, 5.41) is 34.8. The van der Waals surface area contributed by atoms with Gasteiger partial charge in [-0.25, -0.2) is 4.98 Å². The number of nitrogens with zero attached hydrogens (tertiary/aromatic N) is 3. The van der Waals surface area contributed by atoms with Gasteiger partial charge in [0.05, 0.1) is 10.4 Å². The molecule has 3 rings (SSSR count). The van der Waals surface area contributed by atoms with E-state index in [1.807, 2.05) is 0 Å². The van der Waals surface area contributed by atoms with Gasteiger partial charge >= 0.3 is 12.8 Å². The number of hydrogen-bond donors (Lipinski definition) is 3. The van der Waals surface area contributed by atoms with E-state index in [1.165, 1.54) is 96.1 Å². The minimum atomic E-state index is -1.64. The standard InChI is InChI=1S/C30H49BN4O4/c1-2-3-4-5-6-7-8-9-10-11-12-13-14-15-20-34-21-18-26(19-22-34)33-30-27-23-25(31(36)37)16-17-28(27)32-24-29(30)35(38)39/h16-17,23-24,26,36-37H,2-15,18-22H2,1H3,(H,32,33). The van der Waals surface area contributed by atoms with Gasteiger partial charge in [0.15, 0.2) is 0 Å². The summed E-state index contributed by atoms with van der Waals surface area (Å²) in [6, 6.07) is 4.95. The van der Waals surface area contributed by atoms with Crippen LogP contribution in [-0.2, 0) is 0 Å². The van der Waals surface area contributed by atoms with Crippen LogP contribution >= 0.6 is 0 Å². The van der Waals surface area contributed by atoms with Crippen molar-refractivity contribution in [3.63, 3.8) is 0 Å². The van der Waals surface area contributed by atoms with Gasteiger partial charge in [-0.05, 0) is 37.3 Å². The molecular formula is C30H49BN4O4. The maximum atomic E-state index is 11.7. The predicted octanol–water partition coefficient (Wildman–Crippen LogP) is 6.18. The molecular weight excluding hydrogens is 491 g/mol. The first-order valence-electron chi connectivity index (χ1n) is 15.4. The van der Waals surface area contributed by atoms with Gasteiger partial charge in [-0.3, -0.25) is 10.1 Å². The lowest BCUT2D eigenvalue weighted by Crippen LogP contribution is -2.39. The third-order valence-corrected chi connectivity index (χ3v) is 8.13. The largest absolute Gasteiger partial charge is 0.488 e. The maximum absolute atomic E-state index is 11.7. The first-order valence-corrected chi connectivity index (χ1v) is 15.4. The van der Waals surface area contributed by atoms with E-state index < -0.39 is 12.0 Å². The van der Waals surface area contributed by atoms with Gasteiger partial charge in [-0.2, -0.15) is 0 Å². The Morgan fingerprint density at radius 2 is 1.51 bits per heavy atom. The number of rotatable bonds is 19. The van der Waals surface area contributed by atoms with Crippen molar-refractivity contribution in [3.8, 4) is 0 Å². The Morgan fingerprint density at radius 1 is 0.949 bits per heavy atom. The molecule has 1 aromatic heterocycles. The highest BCUT2D eigenvalue weighted by Crippen LogP contribution is 2.33. The molecule has 216 valence electrons. The molecule has 2 heterocycles. The highest BCUT2D eigenvalue weighted by molar-refractivity contribution is 6.59. The summed E-state index contributed by atoms with van der Waals surface area (Å²) < 4.78 is 0. The lowest BCUT2D eigenvalue weighted by molar-refractivity contribution is -0.384. The van der Waals surface area contributed by atoms with E-state index in [0.29, 0.717) is 16.6 Å². The van der Waals surface area contributed by atoms with Crippen LogP contribution in [-0.4, -0.2) is 57.6 Å². The summed E-state index contributed by atoms with van der Waals surface area (Å²) in [4.78, 5) is 18.0. The monoisotopic (exact) mass is 540 g/mol. The van der Waals surface area contributed by atoms with Crippen LogP contribution < -0.4 is 10.8 Å². The van der Waals surface area contributed by atoms with Crippen LogP contribution in [0.5, 0.6) is 0 Å². The third-order valence-electron chi connectivity index (χ3n) is 8.13. The van der Waals surface area contributed by atoms with Gasteiger partial charge in [0.1, 0.15) is 11.9 Å². The van der Waals surface area contributed by atoms with Crippen LogP contribution in [0.1, 0.15) is 110 Å². The number of piperidine rings is 1. The summed E-state index contributed by atoms with van der Waals surface area (Å²) >= 11 is 0. The Bertz CT molecular complexity index is 998. The van der Waals surface area contributed by atoms with Crippen LogP contribution in [0.2, 0.25) is 0 Å². The average Bonchev–Trinajstić information content (AvgIpc) is 2.93. The van der Waals surface area contributed by atoms with E-state index in [-0.39, 0.29) is 17.2 Å². The van der Waals surface area contributed by atoms with E-state index in [0.717, 1.165) is 32.5 Å². The Labute approximate surface area is 234 Å². The number of likely N-dealkylation sites (tertiary alicyclic amines) is 1. The molecule has 3 N–H and O–H groups in total. The van der Waals surface area contributed by atoms with Crippen molar-refractivity contribution < 1.29 is 15.0 Å². The van der Waals surface area contributed by atoms with Crippen LogP contribution in [0.25, 0.3) is 10.9 Å². The van der Waals surface area contributed by atoms with Crippen molar-refractivity contribution in [1.29, 1.82) is 0 Å². The molecule has 0 spiro atoms. The van der Waals surface area contributed by atoms with Crippen molar-refractivity contribution in [1.82, 2.24) is 9.88 Å². The highest BCUT2D eigenvalue weighted by Gasteiger charge is 2.25. The predicted molar refractivity (Wildman–Crippen MR) is 162 cm³/mol. The van der Waals surface area contributed by atoms with Crippen molar-refractivity contribution >= 4 is 34.9 Å². The van der Waals surface area contributed by atoms with Crippen molar-refractivity contribution in [2.75, 3.05) is 25.0 Å². The van der Waals surface area contributed by atoms with Crippen molar-refractivity contribution in [2.45, 2.75) is 116 Å². The second kappa shape index (κ2) is 17.5. The molecule has 1 aliphatic rings. The lowest BCUT2D eigenvalue weighted by Gasteiger charge is -2.33. The first kappa shape index (κ1) is 31.3. The number of unbranched alkanes of at least 4 members (excludes halogenated alkanes) is 13.